The molecule has 2 rings (SSSR count). The Bertz CT molecular complexity index is 487. The van der Waals surface area contributed by atoms with E-state index in [1.54, 1.807) is 6.92 Å². The van der Waals surface area contributed by atoms with Gasteiger partial charge in [0.1, 0.15) is 0 Å². The molecule has 7 heteroatoms. The van der Waals surface area contributed by atoms with Crippen molar-refractivity contribution in [2.75, 3.05) is 6.54 Å². The zero-order valence-corrected chi connectivity index (χ0v) is 10.7. The second-order valence-corrected chi connectivity index (χ2v) is 4.72. The van der Waals surface area contributed by atoms with Crippen molar-refractivity contribution in [1.29, 1.82) is 0 Å². The summed E-state index contributed by atoms with van der Waals surface area (Å²) in [5.74, 6) is 0. The number of carboxylic acid groups (broad SMARTS) is 1. The van der Waals surface area contributed by atoms with Crippen LogP contribution < -0.4 is 0 Å². The van der Waals surface area contributed by atoms with Crippen molar-refractivity contribution in [2.45, 2.75) is 31.9 Å². The topological polar surface area (TPSA) is 49.8 Å². The van der Waals surface area contributed by atoms with E-state index in [0.29, 0.717) is 5.56 Å². The summed E-state index contributed by atoms with van der Waals surface area (Å²) < 4.78 is 42.6. The maximum Gasteiger partial charge on any atom is 0.416 e. The number of nitrogens with zero attached hydrogens (tertiary/aromatic N) is 1. The van der Waals surface area contributed by atoms with Crippen molar-refractivity contribution in [2.24, 2.45) is 0 Å². The Balaban J connectivity index is 1.85. The van der Waals surface area contributed by atoms with Gasteiger partial charge in [-0.05, 0) is 24.6 Å². The third kappa shape index (κ3) is 3.04. The largest absolute Gasteiger partial charge is 0.465 e. The van der Waals surface area contributed by atoms with Crippen LogP contribution in [0.25, 0.3) is 0 Å². The van der Waals surface area contributed by atoms with Gasteiger partial charge in [0.2, 0.25) is 0 Å². The molecule has 0 saturated carbocycles. The van der Waals surface area contributed by atoms with Crippen LogP contribution in [0.4, 0.5) is 18.0 Å². The van der Waals surface area contributed by atoms with Crippen LogP contribution in [0.5, 0.6) is 0 Å². The van der Waals surface area contributed by atoms with E-state index in [-0.39, 0.29) is 25.3 Å². The highest BCUT2D eigenvalue weighted by molar-refractivity contribution is 5.66. The summed E-state index contributed by atoms with van der Waals surface area (Å²) >= 11 is 0. The van der Waals surface area contributed by atoms with E-state index >= 15 is 0 Å². The third-order valence-electron chi connectivity index (χ3n) is 3.40. The smallest absolute Gasteiger partial charge is 0.416 e. The quantitative estimate of drug-likeness (QED) is 0.930. The fraction of sp³-hybridized carbons (Fsp3) is 0.462. The van der Waals surface area contributed by atoms with Gasteiger partial charge in [-0.1, -0.05) is 12.1 Å². The maximum atomic E-state index is 12.4. The van der Waals surface area contributed by atoms with Gasteiger partial charge < -0.3 is 14.7 Å². The average Bonchev–Trinajstić information content (AvgIpc) is 2.36. The molecule has 1 N–H and O–H groups in total. The first-order valence-electron chi connectivity index (χ1n) is 6.06. The fourth-order valence-corrected chi connectivity index (χ4v) is 2.01. The predicted octanol–water partition coefficient (Wildman–Crippen LogP) is 2.97. The summed E-state index contributed by atoms with van der Waals surface area (Å²) in [6.07, 6.45) is -5.55. The van der Waals surface area contributed by atoms with E-state index in [4.69, 9.17) is 9.84 Å². The minimum absolute atomic E-state index is 0.167. The van der Waals surface area contributed by atoms with E-state index in [9.17, 15) is 18.0 Å². The standard InChI is InChI=1S/C13H14F3NO3/c1-8-11(6-17(8)12(18)19)20-7-9-2-4-10(5-3-9)13(14,15)16/h2-5,8,11H,6-7H2,1H3,(H,18,19). The van der Waals surface area contributed by atoms with Crippen molar-refractivity contribution in [3.8, 4) is 0 Å². The minimum Gasteiger partial charge on any atom is -0.465 e. The molecule has 1 heterocycles. The van der Waals surface area contributed by atoms with Crippen LogP contribution in [0.3, 0.4) is 0 Å². The first kappa shape index (κ1) is 14.6. The summed E-state index contributed by atoms with van der Waals surface area (Å²) in [5, 5.41) is 8.78. The molecule has 0 radical (unpaired) electrons. The lowest BCUT2D eigenvalue weighted by atomic mass is 10.0. The molecule has 1 aliphatic heterocycles. The molecule has 2 atom stereocenters. The molecule has 20 heavy (non-hydrogen) atoms. The fourth-order valence-electron chi connectivity index (χ4n) is 2.01. The molecule has 1 aromatic carbocycles. The van der Waals surface area contributed by atoms with E-state index in [2.05, 4.69) is 0 Å². The first-order chi connectivity index (χ1) is 9.29. The maximum absolute atomic E-state index is 12.4. The first-order valence-corrected chi connectivity index (χ1v) is 6.06. The van der Waals surface area contributed by atoms with Gasteiger partial charge in [0.15, 0.2) is 0 Å². The minimum atomic E-state index is -4.34. The molecule has 110 valence electrons. The van der Waals surface area contributed by atoms with E-state index in [1.165, 1.54) is 17.0 Å². The molecule has 0 bridgehead atoms. The van der Waals surface area contributed by atoms with Gasteiger partial charge in [0, 0.05) is 0 Å². The van der Waals surface area contributed by atoms with Gasteiger partial charge in [-0.25, -0.2) is 4.79 Å². The zero-order valence-electron chi connectivity index (χ0n) is 10.7. The Morgan fingerprint density at radius 2 is 2.00 bits per heavy atom. The molecular formula is C13H14F3NO3. The SMILES string of the molecule is CC1C(OCc2ccc(C(F)(F)F)cc2)CN1C(=O)O. The molecule has 0 aromatic heterocycles. The molecule has 1 amide bonds. The van der Waals surface area contributed by atoms with Crippen LogP contribution >= 0.6 is 0 Å². The Morgan fingerprint density at radius 3 is 2.45 bits per heavy atom. The highest BCUT2D eigenvalue weighted by Gasteiger charge is 2.39. The number of carbonyl (C=O) groups is 1. The summed E-state index contributed by atoms with van der Waals surface area (Å²) in [7, 11) is 0. The average molecular weight is 289 g/mol. The number of benzene rings is 1. The number of ether oxygens (including phenoxy) is 1. The Morgan fingerprint density at radius 1 is 1.40 bits per heavy atom. The van der Waals surface area contributed by atoms with E-state index in [0.717, 1.165) is 12.1 Å². The van der Waals surface area contributed by atoms with Crippen LogP contribution in [0.2, 0.25) is 0 Å². The molecule has 0 aliphatic carbocycles. The highest BCUT2D eigenvalue weighted by Crippen LogP contribution is 2.29. The lowest BCUT2D eigenvalue weighted by Crippen LogP contribution is -2.61. The van der Waals surface area contributed by atoms with Gasteiger partial charge in [-0.15, -0.1) is 0 Å². The summed E-state index contributed by atoms with van der Waals surface area (Å²) in [4.78, 5) is 12.0. The van der Waals surface area contributed by atoms with Crippen molar-refractivity contribution in [3.63, 3.8) is 0 Å². The normalized spacial score (nSPS) is 22.5. The van der Waals surface area contributed by atoms with Crippen LogP contribution in [0.15, 0.2) is 24.3 Å². The number of rotatable bonds is 3. The molecule has 1 fully saturated rings. The lowest BCUT2D eigenvalue weighted by molar-refractivity contribution is -0.137. The van der Waals surface area contributed by atoms with E-state index < -0.39 is 17.8 Å². The van der Waals surface area contributed by atoms with Crippen LogP contribution in [-0.4, -0.2) is 34.8 Å². The molecule has 0 spiro atoms. The monoisotopic (exact) mass is 289 g/mol. The number of alkyl halides is 3. The van der Waals surface area contributed by atoms with Crippen molar-refractivity contribution in [3.05, 3.63) is 35.4 Å². The number of halogens is 3. The Hall–Kier alpha value is -1.76. The summed E-state index contributed by atoms with van der Waals surface area (Å²) in [5.41, 5.74) is -0.0747. The number of hydrogen-bond acceptors (Lipinski definition) is 2. The zero-order chi connectivity index (χ0) is 14.9. The van der Waals surface area contributed by atoms with Gasteiger partial charge in [-0.3, -0.25) is 0 Å². The van der Waals surface area contributed by atoms with Gasteiger partial charge in [0.25, 0.3) is 0 Å². The molecule has 1 aromatic rings. The third-order valence-corrected chi connectivity index (χ3v) is 3.40. The molecule has 2 unspecified atom stereocenters. The number of likely N-dealkylation sites (tertiary alicyclic amines) is 1. The van der Waals surface area contributed by atoms with Gasteiger partial charge >= 0.3 is 12.3 Å². The second kappa shape index (κ2) is 5.32. The van der Waals surface area contributed by atoms with Crippen molar-refractivity contribution >= 4 is 6.09 Å². The van der Waals surface area contributed by atoms with E-state index in [1.807, 2.05) is 0 Å². The Labute approximate surface area is 113 Å². The number of hydrogen-bond donors (Lipinski definition) is 1. The summed E-state index contributed by atoms with van der Waals surface area (Å²) in [6.45, 7) is 2.19. The predicted molar refractivity (Wildman–Crippen MR) is 64.2 cm³/mol. The van der Waals surface area contributed by atoms with Crippen molar-refractivity contribution in [1.82, 2.24) is 4.90 Å². The van der Waals surface area contributed by atoms with Crippen molar-refractivity contribution < 1.29 is 27.8 Å². The molecule has 1 saturated heterocycles. The summed E-state index contributed by atoms with van der Waals surface area (Å²) in [6, 6.07) is 4.50. The number of amides is 1. The van der Waals surface area contributed by atoms with Crippen LogP contribution in [-0.2, 0) is 17.5 Å². The molecule has 4 nitrogen and oxygen atoms in total. The molecule has 1 aliphatic rings. The molecular weight excluding hydrogens is 275 g/mol. The second-order valence-electron chi connectivity index (χ2n) is 4.72. The van der Waals surface area contributed by atoms with Crippen LogP contribution in [0, 0.1) is 0 Å². The van der Waals surface area contributed by atoms with Crippen LogP contribution in [0.1, 0.15) is 18.1 Å². The lowest BCUT2D eigenvalue weighted by Gasteiger charge is -2.43. The highest BCUT2D eigenvalue weighted by atomic mass is 19.4. The Kier molecular flexibility index (Phi) is 3.89. The van der Waals surface area contributed by atoms with Gasteiger partial charge in [0.05, 0.1) is 30.9 Å². The van der Waals surface area contributed by atoms with Gasteiger partial charge in [-0.2, -0.15) is 13.2 Å².